The van der Waals surface area contributed by atoms with Gasteiger partial charge in [0.1, 0.15) is 0 Å². The molecule has 1 amide bonds. The van der Waals surface area contributed by atoms with Gasteiger partial charge in [0.2, 0.25) is 5.91 Å². The van der Waals surface area contributed by atoms with Crippen molar-refractivity contribution in [1.82, 2.24) is 0 Å². The highest BCUT2D eigenvalue weighted by Crippen LogP contribution is 2.53. The van der Waals surface area contributed by atoms with Crippen LogP contribution >= 0.6 is 7.82 Å². The second-order valence-corrected chi connectivity index (χ2v) is 7.24. The van der Waals surface area contributed by atoms with Crippen LogP contribution in [0, 0.1) is 0 Å². The van der Waals surface area contributed by atoms with Crippen molar-refractivity contribution < 1.29 is 36.1 Å². The number of nitrogens with one attached hydrogen (secondary N) is 1. The van der Waals surface area contributed by atoms with Crippen molar-refractivity contribution in [3.63, 3.8) is 0 Å². The number of benzene rings is 1. The molecule has 1 N–H and O–H groups in total. The van der Waals surface area contributed by atoms with Gasteiger partial charge in [-0.2, -0.15) is 13.2 Å². The zero-order valence-electron chi connectivity index (χ0n) is 14.5. The minimum atomic E-state index is -4.61. The topological polar surface area (TPSA) is 73.9 Å². The maximum Gasteiger partial charge on any atom is 0.530 e. The highest BCUT2D eigenvalue weighted by Gasteiger charge is 2.35. The third kappa shape index (κ3) is 7.05. The molecule has 0 unspecified atom stereocenters. The third-order valence-corrected chi connectivity index (χ3v) is 4.29. The molecule has 0 fully saturated rings. The van der Waals surface area contributed by atoms with Crippen LogP contribution in [0.25, 0.3) is 0 Å². The standard InChI is InChI=1S/C15H21F3NO5P/c1-9(2)22-25(21,23-10(3)4)24-14-7-6-12(15(16,17)18)8-13(14)19-11(5)20/h6-10H,1-5H3,(H,19,20). The average Bonchev–Trinajstić information content (AvgIpc) is 2.36. The molecule has 10 heteroatoms. The number of alkyl halides is 3. The van der Waals surface area contributed by atoms with Crippen molar-refractivity contribution in [2.75, 3.05) is 5.32 Å². The van der Waals surface area contributed by atoms with Gasteiger partial charge in [-0.05, 0) is 45.9 Å². The quantitative estimate of drug-likeness (QED) is 0.671. The van der Waals surface area contributed by atoms with Gasteiger partial charge < -0.3 is 9.84 Å². The van der Waals surface area contributed by atoms with Crippen LogP contribution < -0.4 is 9.84 Å². The fourth-order valence-corrected chi connectivity index (χ4v) is 3.35. The Kier molecular flexibility index (Phi) is 7.05. The average molecular weight is 383 g/mol. The molecule has 0 aromatic heterocycles. The molecule has 0 aliphatic heterocycles. The summed E-state index contributed by atoms with van der Waals surface area (Å²) in [5.74, 6) is -0.874. The summed E-state index contributed by atoms with van der Waals surface area (Å²) < 4.78 is 66.9. The van der Waals surface area contributed by atoms with Crippen molar-refractivity contribution in [2.45, 2.75) is 53.0 Å². The van der Waals surface area contributed by atoms with Crippen LogP contribution in [0.4, 0.5) is 18.9 Å². The van der Waals surface area contributed by atoms with E-state index >= 15 is 0 Å². The van der Waals surface area contributed by atoms with Gasteiger partial charge in [0, 0.05) is 6.92 Å². The Balaban J connectivity index is 3.28. The number of phosphoric ester groups is 1. The van der Waals surface area contributed by atoms with Crippen molar-refractivity contribution >= 4 is 19.4 Å². The van der Waals surface area contributed by atoms with Crippen LogP contribution in [0.5, 0.6) is 5.75 Å². The van der Waals surface area contributed by atoms with Gasteiger partial charge in [-0.25, -0.2) is 4.57 Å². The molecule has 0 saturated carbocycles. The summed E-state index contributed by atoms with van der Waals surface area (Å²) in [4.78, 5) is 11.3. The molecule has 142 valence electrons. The first-order valence-corrected chi connectivity index (χ1v) is 8.93. The maximum absolute atomic E-state index is 12.9. The first-order valence-electron chi connectivity index (χ1n) is 7.47. The smallest absolute Gasteiger partial charge is 0.402 e. The number of phosphoric acid groups is 1. The van der Waals surface area contributed by atoms with E-state index in [1.807, 2.05) is 0 Å². The third-order valence-electron chi connectivity index (χ3n) is 2.51. The van der Waals surface area contributed by atoms with E-state index in [1.165, 1.54) is 0 Å². The molecule has 0 aliphatic carbocycles. The summed E-state index contributed by atoms with van der Waals surface area (Å²) in [6.45, 7) is 7.52. The van der Waals surface area contributed by atoms with E-state index < -0.39 is 37.7 Å². The summed E-state index contributed by atoms with van der Waals surface area (Å²) >= 11 is 0. The van der Waals surface area contributed by atoms with Crippen LogP contribution in [0.1, 0.15) is 40.2 Å². The minimum absolute atomic E-state index is 0.257. The Morgan fingerprint density at radius 1 is 1.12 bits per heavy atom. The summed E-state index contributed by atoms with van der Waals surface area (Å²) in [6, 6.07) is 2.38. The Hall–Kier alpha value is -1.57. The second-order valence-electron chi connectivity index (χ2n) is 5.74. The van der Waals surface area contributed by atoms with Crippen molar-refractivity contribution in [3.05, 3.63) is 23.8 Å². The molecule has 0 spiro atoms. The first-order chi connectivity index (χ1) is 11.3. The lowest BCUT2D eigenvalue weighted by atomic mass is 10.2. The normalized spacial score (nSPS) is 12.6. The van der Waals surface area contributed by atoms with Crippen molar-refractivity contribution in [3.8, 4) is 5.75 Å². The minimum Gasteiger partial charge on any atom is -0.402 e. The van der Waals surface area contributed by atoms with E-state index in [0.29, 0.717) is 6.07 Å². The fourth-order valence-electron chi connectivity index (χ4n) is 1.78. The zero-order chi connectivity index (χ0) is 19.4. The van der Waals surface area contributed by atoms with E-state index in [0.717, 1.165) is 19.1 Å². The summed E-state index contributed by atoms with van der Waals surface area (Å²) in [7, 11) is -4.11. The van der Waals surface area contributed by atoms with Gasteiger partial charge in [-0.15, -0.1) is 0 Å². The molecule has 0 heterocycles. The molecule has 0 aliphatic rings. The van der Waals surface area contributed by atoms with E-state index in [9.17, 15) is 22.5 Å². The van der Waals surface area contributed by atoms with E-state index in [2.05, 4.69) is 5.32 Å². The summed E-state index contributed by atoms with van der Waals surface area (Å²) in [5.41, 5.74) is -1.28. The van der Waals surface area contributed by atoms with Crippen LogP contribution in [-0.2, 0) is 24.6 Å². The van der Waals surface area contributed by atoms with E-state index in [4.69, 9.17) is 13.6 Å². The van der Waals surface area contributed by atoms with E-state index in [1.54, 1.807) is 27.7 Å². The van der Waals surface area contributed by atoms with Crippen LogP contribution in [-0.4, -0.2) is 18.1 Å². The SMILES string of the molecule is CC(=O)Nc1cc(C(F)(F)F)ccc1OP(=O)(OC(C)C)OC(C)C. The lowest BCUT2D eigenvalue weighted by Crippen LogP contribution is -2.14. The second kappa shape index (κ2) is 8.21. The molecule has 1 aromatic carbocycles. The number of hydrogen-bond donors (Lipinski definition) is 1. The lowest BCUT2D eigenvalue weighted by molar-refractivity contribution is -0.137. The summed E-state index contributed by atoms with van der Waals surface area (Å²) in [6.07, 6.45) is -5.66. The summed E-state index contributed by atoms with van der Waals surface area (Å²) in [5, 5.41) is 2.22. The van der Waals surface area contributed by atoms with Gasteiger partial charge in [0.15, 0.2) is 5.75 Å². The first kappa shape index (κ1) is 21.5. The maximum atomic E-state index is 12.9. The van der Waals surface area contributed by atoms with Crippen LogP contribution in [0.2, 0.25) is 0 Å². The van der Waals surface area contributed by atoms with Crippen LogP contribution in [0.3, 0.4) is 0 Å². The number of carbonyl (C=O) groups excluding carboxylic acids is 1. The number of carbonyl (C=O) groups is 1. The molecular weight excluding hydrogens is 362 g/mol. The number of anilines is 1. The van der Waals surface area contributed by atoms with Crippen molar-refractivity contribution in [1.29, 1.82) is 0 Å². The number of rotatable bonds is 7. The molecule has 0 radical (unpaired) electrons. The molecule has 25 heavy (non-hydrogen) atoms. The highest BCUT2D eigenvalue weighted by molar-refractivity contribution is 7.49. The monoisotopic (exact) mass is 383 g/mol. The van der Waals surface area contributed by atoms with Crippen LogP contribution in [0.15, 0.2) is 18.2 Å². The highest BCUT2D eigenvalue weighted by atomic mass is 31.2. The Labute approximate surface area is 144 Å². The molecule has 0 atom stereocenters. The molecule has 0 saturated heterocycles. The predicted octanol–water partition coefficient (Wildman–Crippen LogP) is 5.00. The Bertz CT molecular complexity index is 647. The van der Waals surface area contributed by atoms with Gasteiger partial charge in [0.05, 0.1) is 23.5 Å². The number of hydrogen-bond acceptors (Lipinski definition) is 5. The van der Waals surface area contributed by atoms with Crippen molar-refractivity contribution in [2.24, 2.45) is 0 Å². The lowest BCUT2D eigenvalue weighted by Gasteiger charge is -2.23. The van der Waals surface area contributed by atoms with Gasteiger partial charge in [-0.3, -0.25) is 13.8 Å². The Morgan fingerprint density at radius 2 is 1.64 bits per heavy atom. The van der Waals surface area contributed by atoms with Gasteiger partial charge in [-0.1, -0.05) is 0 Å². The molecule has 6 nitrogen and oxygen atoms in total. The predicted molar refractivity (Wildman–Crippen MR) is 86.4 cm³/mol. The van der Waals surface area contributed by atoms with Gasteiger partial charge in [0.25, 0.3) is 0 Å². The molecule has 1 rings (SSSR count). The molecule has 0 bridgehead atoms. The Morgan fingerprint density at radius 3 is 2.04 bits per heavy atom. The molecule has 1 aromatic rings. The number of amides is 1. The molecular formula is C15H21F3NO5P. The number of halogens is 3. The fraction of sp³-hybridized carbons (Fsp3) is 0.533. The zero-order valence-corrected chi connectivity index (χ0v) is 15.4. The van der Waals surface area contributed by atoms with E-state index in [-0.39, 0.29) is 11.4 Å². The largest absolute Gasteiger partial charge is 0.530 e. The van der Waals surface area contributed by atoms with Gasteiger partial charge >= 0.3 is 14.0 Å².